The standard InChI is InChI=1S/C20H12O5.CHNOS.Fe/c21-11-5-7-15-17(9-11)24-18-10-12(22)6-8-16(18)20(15)14-4-2-1-3-13(14)19(23)25-20;3-2-1-4;/h1-10,21-22H;3H;. The number of aromatic hydroxyl groups is 2. The van der Waals surface area contributed by atoms with E-state index in [0.717, 1.165) is 0 Å². The van der Waals surface area contributed by atoms with E-state index in [0.29, 0.717) is 33.8 Å². The summed E-state index contributed by atoms with van der Waals surface area (Å²) in [4.78, 5) is 12.5. The van der Waals surface area contributed by atoms with Crippen LogP contribution < -0.4 is 4.74 Å². The van der Waals surface area contributed by atoms with E-state index < -0.39 is 11.6 Å². The third-order valence-electron chi connectivity index (χ3n) is 4.72. The summed E-state index contributed by atoms with van der Waals surface area (Å²) in [6, 6.07) is 16.6. The molecule has 152 valence electrons. The maximum absolute atomic E-state index is 12.5. The Morgan fingerprint density at radius 2 is 1.43 bits per heavy atom. The number of hydrogen-bond donors (Lipinski definition) is 3. The third-order valence-corrected chi connectivity index (χ3v) is 4.80. The van der Waals surface area contributed by atoms with Gasteiger partial charge in [0.1, 0.15) is 28.2 Å². The van der Waals surface area contributed by atoms with Gasteiger partial charge in [-0.15, -0.1) is 0 Å². The van der Waals surface area contributed by atoms with Crippen LogP contribution in [-0.4, -0.2) is 26.6 Å². The SMILES string of the molecule is O=C1OC2(c3ccc(O)cc3Oc3cc(O)ccc32)c2ccccc21.ON=C=S.[Fe]. The number of nitrogens with zero attached hydrogens (tertiary/aromatic N) is 1. The Bertz CT molecular complexity index is 1140. The van der Waals surface area contributed by atoms with Crippen molar-refractivity contribution in [2.75, 3.05) is 0 Å². The average Bonchev–Trinajstić information content (AvgIpc) is 3.01. The number of benzene rings is 3. The molecule has 0 unspecified atom stereocenters. The molecule has 3 aromatic rings. The molecule has 0 atom stereocenters. The molecule has 9 heteroatoms. The first-order valence-electron chi connectivity index (χ1n) is 8.40. The minimum absolute atomic E-state index is 0. The second-order valence-corrected chi connectivity index (χ2v) is 6.45. The van der Waals surface area contributed by atoms with Gasteiger partial charge in [-0.3, -0.25) is 0 Å². The predicted octanol–water partition coefficient (Wildman–Crippen LogP) is 4.14. The predicted molar refractivity (Wildman–Crippen MR) is 105 cm³/mol. The second-order valence-electron chi connectivity index (χ2n) is 6.27. The fraction of sp³-hybridized carbons (Fsp3) is 0.0476. The number of isothiocyanates is 1. The molecule has 2 heterocycles. The zero-order chi connectivity index (χ0) is 20.6. The summed E-state index contributed by atoms with van der Waals surface area (Å²) in [7, 11) is 0. The van der Waals surface area contributed by atoms with Crippen molar-refractivity contribution in [2.45, 2.75) is 5.60 Å². The Kier molecular flexibility index (Phi) is 5.82. The number of esters is 1. The first kappa shape index (κ1) is 21.4. The topological polar surface area (TPSA) is 109 Å². The van der Waals surface area contributed by atoms with Gasteiger partial charge in [-0.2, -0.15) is 0 Å². The Hall–Kier alpha value is -3.35. The first-order valence-corrected chi connectivity index (χ1v) is 8.81. The summed E-state index contributed by atoms with van der Waals surface area (Å²) in [6.45, 7) is 0. The molecule has 3 aromatic carbocycles. The summed E-state index contributed by atoms with van der Waals surface area (Å²) < 4.78 is 11.8. The normalized spacial score (nSPS) is 13.7. The Morgan fingerprint density at radius 1 is 0.900 bits per heavy atom. The van der Waals surface area contributed by atoms with Gasteiger partial charge in [-0.05, 0) is 47.7 Å². The Balaban J connectivity index is 0.000000473. The van der Waals surface area contributed by atoms with Gasteiger partial charge >= 0.3 is 5.97 Å². The van der Waals surface area contributed by atoms with Gasteiger partial charge in [-0.25, -0.2) is 4.79 Å². The Labute approximate surface area is 186 Å². The monoisotopic (exact) mass is 463 g/mol. The fourth-order valence-corrected chi connectivity index (χ4v) is 3.65. The molecule has 0 saturated carbocycles. The number of fused-ring (bicyclic) bond motifs is 6. The van der Waals surface area contributed by atoms with Crippen LogP contribution in [0.3, 0.4) is 0 Å². The van der Waals surface area contributed by atoms with Crippen molar-refractivity contribution >= 4 is 23.3 Å². The number of thiocarbonyl (C=S) groups is 1. The summed E-state index contributed by atoms with van der Waals surface area (Å²) in [5.74, 6) is 0.408. The van der Waals surface area contributed by atoms with E-state index in [2.05, 4.69) is 17.4 Å². The van der Waals surface area contributed by atoms with Gasteiger partial charge in [0, 0.05) is 45.9 Å². The van der Waals surface area contributed by atoms with Crippen molar-refractivity contribution in [3.63, 3.8) is 0 Å². The molecule has 0 radical (unpaired) electrons. The van der Waals surface area contributed by atoms with Crippen LogP contribution in [0.15, 0.2) is 65.8 Å². The number of hydrogen-bond acceptors (Lipinski definition) is 8. The molecule has 0 aliphatic carbocycles. The summed E-state index contributed by atoms with van der Waals surface area (Å²) in [5, 5.41) is 30.9. The second kappa shape index (κ2) is 8.18. The molecule has 0 fully saturated rings. The number of rotatable bonds is 0. The molecule has 5 rings (SSSR count). The van der Waals surface area contributed by atoms with Crippen molar-refractivity contribution in [1.82, 2.24) is 0 Å². The number of phenolic OH excluding ortho intramolecular Hbond substituents is 2. The van der Waals surface area contributed by atoms with Crippen LogP contribution >= 0.6 is 12.2 Å². The molecule has 0 amide bonds. The van der Waals surface area contributed by atoms with Crippen LogP contribution in [0.5, 0.6) is 23.0 Å². The van der Waals surface area contributed by atoms with Gasteiger partial charge in [-0.1, -0.05) is 18.2 Å². The maximum Gasteiger partial charge on any atom is 0.340 e. The number of phenols is 2. The molecule has 0 aromatic heterocycles. The van der Waals surface area contributed by atoms with E-state index in [9.17, 15) is 15.0 Å². The minimum Gasteiger partial charge on any atom is -0.508 e. The van der Waals surface area contributed by atoms with Gasteiger partial charge in [0.25, 0.3) is 0 Å². The molecule has 30 heavy (non-hydrogen) atoms. The number of carbonyl (C=O) groups excluding carboxylic acids is 1. The average molecular weight is 463 g/mol. The third kappa shape index (κ3) is 3.20. The molecular formula is C21H13FeNO6S. The minimum atomic E-state index is -1.17. The van der Waals surface area contributed by atoms with Crippen molar-refractivity contribution in [3.8, 4) is 23.0 Å². The summed E-state index contributed by atoms with van der Waals surface area (Å²) in [6.07, 6.45) is 0. The first-order chi connectivity index (χ1) is 14.0. The van der Waals surface area contributed by atoms with E-state index in [1.807, 2.05) is 12.1 Å². The molecule has 3 N–H and O–H groups in total. The number of carbonyl (C=O) groups is 1. The zero-order valence-electron chi connectivity index (χ0n) is 15.0. The van der Waals surface area contributed by atoms with Crippen LogP contribution in [0.1, 0.15) is 27.0 Å². The molecule has 0 bridgehead atoms. The van der Waals surface area contributed by atoms with Crippen LogP contribution in [0.25, 0.3) is 0 Å². The van der Waals surface area contributed by atoms with E-state index >= 15 is 0 Å². The maximum atomic E-state index is 12.5. The molecule has 2 aliphatic rings. The van der Waals surface area contributed by atoms with Crippen molar-refractivity contribution in [3.05, 3.63) is 82.9 Å². The van der Waals surface area contributed by atoms with Crippen LogP contribution in [-0.2, 0) is 27.4 Å². The smallest absolute Gasteiger partial charge is 0.340 e. The van der Waals surface area contributed by atoms with Crippen molar-refractivity contribution in [2.24, 2.45) is 5.16 Å². The fourth-order valence-electron chi connectivity index (χ4n) is 3.65. The van der Waals surface area contributed by atoms with Crippen molar-refractivity contribution in [1.29, 1.82) is 0 Å². The van der Waals surface area contributed by atoms with Crippen LogP contribution in [0.2, 0.25) is 0 Å². The van der Waals surface area contributed by atoms with Gasteiger partial charge in [0.2, 0.25) is 0 Å². The van der Waals surface area contributed by atoms with Gasteiger partial charge in [0.15, 0.2) is 5.60 Å². The van der Waals surface area contributed by atoms with Gasteiger partial charge < -0.3 is 24.9 Å². The van der Waals surface area contributed by atoms with Crippen LogP contribution in [0, 0.1) is 0 Å². The van der Waals surface area contributed by atoms with E-state index in [4.69, 9.17) is 14.7 Å². The molecule has 0 saturated heterocycles. The van der Waals surface area contributed by atoms with E-state index in [-0.39, 0.29) is 28.6 Å². The van der Waals surface area contributed by atoms with E-state index in [1.54, 1.807) is 29.4 Å². The summed E-state index contributed by atoms with van der Waals surface area (Å²) >= 11 is 3.89. The Morgan fingerprint density at radius 3 is 1.97 bits per heavy atom. The molecular weight excluding hydrogens is 450 g/mol. The molecule has 2 aliphatic heterocycles. The molecule has 1 spiro atoms. The van der Waals surface area contributed by atoms with Crippen LogP contribution in [0.4, 0.5) is 0 Å². The van der Waals surface area contributed by atoms with Gasteiger partial charge in [0.05, 0.1) is 5.56 Å². The van der Waals surface area contributed by atoms with E-state index in [1.165, 1.54) is 24.3 Å². The quantitative estimate of drug-likeness (QED) is 0.115. The zero-order valence-corrected chi connectivity index (χ0v) is 17.0. The largest absolute Gasteiger partial charge is 0.508 e. The molecule has 7 nitrogen and oxygen atoms in total. The summed E-state index contributed by atoms with van der Waals surface area (Å²) in [5.41, 5.74) is 1.28. The number of ether oxygens (including phenoxy) is 2. The van der Waals surface area contributed by atoms with Crippen molar-refractivity contribution < 1.29 is 46.8 Å².